The molecule has 0 fully saturated rings. The average Bonchev–Trinajstić information content (AvgIpc) is 2.80. The predicted molar refractivity (Wildman–Crippen MR) is 127 cm³/mol. The van der Waals surface area contributed by atoms with E-state index in [0.717, 1.165) is 0 Å². The molecule has 2 heterocycles. The van der Waals surface area contributed by atoms with Crippen molar-refractivity contribution in [1.82, 2.24) is 9.97 Å². The molecule has 0 aliphatic carbocycles. The third-order valence-corrected chi connectivity index (χ3v) is 6.27. The Labute approximate surface area is 195 Å². The van der Waals surface area contributed by atoms with Crippen molar-refractivity contribution >= 4 is 55.7 Å². The van der Waals surface area contributed by atoms with Crippen molar-refractivity contribution in [3.8, 4) is 0 Å². The molecule has 168 valence electrons. The molecular formula is C23H19ClN4O4S. The molecule has 0 atom stereocenters. The van der Waals surface area contributed by atoms with Gasteiger partial charge in [-0.15, -0.1) is 0 Å². The van der Waals surface area contributed by atoms with Gasteiger partial charge in [0.25, 0.3) is 10.0 Å². The van der Waals surface area contributed by atoms with E-state index in [9.17, 15) is 13.2 Å². The van der Waals surface area contributed by atoms with Gasteiger partial charge in [0.2, 0.25) is 0 Å². The highest BCUT2D eigenvalue weighted by Crippen LogP contribution is 2.32. The van der Waals surface area contributed by atoms with Gasteiger partial charge in [-0.2, -0.15) is 0 Å². The zero-order valence-electron chi connectivity index (χ0n) is 17.4. The van der Waals surface area contributed by atoms with E-state index in [1.165, 1.54) is 24.5 Å². The second kappa shape index (κ2) is 9.43. The Kier molecular flexibility index (Phi) is 6.43. The number of hydrogen-bond donors (Lipinski definition) is 2. The first-order valence-corrected chi connectivity index (χ1v) is 11.8. The molecule has 10 heteroatoms. The Bertz CT molecular complexity index is 1410. The smallest absolute Gasteiger partial charge is 0.341 e. The van der Waals surface area contributed by atoms with Crippen LogP contribution in [0.25, 0.3) is 10.9 Å². The molecule has 2 aromatic carbocycles. The van der Waals surface area contributed by atoms with Crippen LogP contribution in [0.5, 0.6) is 0 Å². The topological polar surface area (TPSA) is 110 Å². The molecule has 0 saturated carbocycles. The molecular weight excluding hydrogens is 464 g/mol. The van der Waals surface area contributed by atoms with E-state index in [4.69, 9.17) is 16.3 Å². The normalized spacial score (nSPS) is 11.2. The van der Waals surface area contributed by atoms with E-state index in [0.29, 0.717) is 27.3 Å². The maximum absolute atomic E-state index is 12.6. The van der Waals surface area contributed by atoms with Gasteiger partial charge in [0.05, 0.1) is 22.7 Å². The van der Waals surface area contributed by atoms with Gasteiger partial charge in [-0.1, -0.05) is 17.7 Å². The first kappa shape index (κ1) is 22.5. The van der Waals surface area contributed by atoms with Gasteiger partial charge in [0.15, 0.2) is 0 Å². The quantitative estimate of drug-likeness (QED) is 0.356. The minimum absolute atomic E-state index is 0.0620. The molecule has 0 spiro atoms. The van der Waals surface area contributed by atoms with E-state index in [2.05, 4.69) is 20.0 Å². The Hall–Kier alpha value is -3.69. The largest absolute Gasteiger partial charge is 0.462 e. The minimum atomic E-state index is -3.81. The SMILES string of the molecule is CCOC(=O)c1cnc2ccc(Cl)cc2c1Nc1ccc(S(=O)(=O)Nc2ccccn2)cc1. The summed E-state index contributed by atoms with van der Waals surface area (Å²) in [5.74, 6) is -0.313. The lowest BCUT2D eigenvalue weighted by Crippen LogP contribution is -2.13. The molecule has 0 amide bonds. The summed E-state index contributed by atoms with van der Waals surface area (Å²) < 4.78 is 32.9. The summed E-state index contributed by atoms with van der Waals surface area (Å²) in [4.78, 5) is 20.9. The Morgan fingerprint density at radius 3 is 2.55 bits per heavy atom. The molecule has 0 radical (unpaired) electrons. The van der Waals surface area contributed by atoms with Crippen molar-refractivity contribution in [2.45, 2.75) is 11.8 Å². The van der Waals surface area contributed by atoms with Crippen LogP contribution in [0.1, 0.15) is 17.3 Å². The third-order valence-electron chi connectivity index (χ3n) is 4.66. The van der Waals surface area contributed by atoms with Crippen molar-refractivity contribution < 1.29 is 17.9 Å². The second-order valence-corrected chi connectivity index (χ2v) is 9.02. The molecule has 8 nitrogen and oxygen atoms in total. The number of esters is 1. The number of ether oxygens (including phenoxy) is 1. The molecule has 0 unspecified atom stereocenters. The fourth-order valence-electron chi connectivity index (χ4n) is 3.14. The monoisotopic (exact) mass is 482 g/mol. The molecule has 4 aromatic rings. The van der Waals surface area contributed by atoms with E-state index >= 15 is 0 Å². The lowest BCUT2D eigenvalue weighted by Gasteiger charge is -2.15. The molecule has 0 aliphatic heterocycles. The molecule has 0 aliphatic rings. The van der Waals surface area contributed by atoms with Crippen molar-refractivity contribution in [2.24, 2.45) is 0 Å². The molecule has 2 N–H and O–H groups in total. The number of benzene rings is 2. The maximum Gasteiger partial charge on any atom is 0.341 e. The number of nitrogens with zero attached hydrogens (tertiary/aromatic N) is 2. The highest BCUT2D eigenvalue weighted by Gasteiger charge is 2.18. The second-order valence-electron chi connectivity index (χ2n) is 6.90. The van der Waals surface area contributed by atoms with Crippen LogP contribution in [0.3, 0.4) is 0 Å². The third kappa shape index (κ3) is 5.05. The molecule has 0 bridgehead atoms. The van der Waals surface area contributed by atoms with Crippen molar-refractivity contribution in [3.05, 3.63) is 83.6 Å². The summed E-state index contributed by atoms with van der Waals surface area (Å²) >= 11 is 6.17. The molecule has 0 saturated heterocycles. The predicted octanol–water partition coefficient (Wildman–Crippen LogP) is 5.00. The lowest BCUT2D eigenvalue weighted by molar-refractivity contribution is 0.0527. The van der Waals surface area contributed by atoms with Gasteiger partial charge < -0.3 is 10.1 Å². The Balaban J connectivity index is 1.67. The van der Waals surface area contributed by atoms with Gasteiger partial charge in [0, 0.05) is 28.5 Å². The number of aromatic nitrogens is 2. The Morgan fingerprint density at radius 2 is 1.85 bits per heavy atom. The van der Waals surface area contributed by atoms with Crippen LogP contribution >= 0.6 is 11.6 Å². The number of nitrogens with one attached hydrogen (secondary N) is 2. The standard InChI is InChI=1S/C23H19ClN4O4S/c1-2-32-23(29)19-14-26-20-11-6-15(24)13-18(20)22(19)27-16-7-9-17(10-8-16)33(30,31)28-21-5-3-4-12-25-21/h3-14H,2H2,1H3,(H,25,28)(H,26,27). The van der Waals surface area contributed by atoms with Crippen LogP contribution in [-0.2, 0) is 14.8 Å². The molecule has 2 aromatic heterocycles. The fraction of sp³-hybridized carbons (Fsp3) is 0.0870. The highest BCUT2D eigenvalue weighted by atomic mass is 35.5. The maximum atomic E-state index is 12.6. The number of carbonyl (C=O) groups is 1. The van der Waals surface area contributed by atoms with Crippen LogP contribution in [-0.4, -0.2) is 31.0 Å². The van der Waals surface area contributed by atoms with Crippen LogP contribution in [0.2, 0.25) is 5.02 Å². The fourth-order valence-corrected chi connectivity index (χ4v) is 4.32. The van der Waals surface area contributed by atoms with Gasteiger partial charge in [-0.25, -0.2) is 18.2 Å². The number of hydrogen-bond acceptors (Lipinski definition) is 7. The highest BCUT2D eigenvalue weighted by molar-refractivity contribution is 7.92. The van der Waals surface area contributed by atoms with Crippen molar-refractivity contribution in [2.75, 3.05) is 16.6 Å². The first-order chi connectivity index (χ1) is 15.9. The summed E-state index contributed by atoms with van der Waals surface area (Å²) in [6, 6.07) is 16.2. The summed E-state index contributed by atoms with van der Waals surface area (Å²) in [6.07, 6.45) is 2.93. The summed E-state index contributed by atoms with van der Waals surface area (Å²) in [6.45, 7) is 1.93. The van der Waals surface area contributed by atoms with Crippen LogP contribution in [0.15, 0.2) is 78.0 Å². The van der Waals surface area contributed by atoms with Crippen LogP contribution in [0, 0.1) is 0 Å². The first-order valence-electron chi connectivity index (χ1n) is 9.93. The van der Waals surface area contributed by atoms with Crippen LogP contribution < -0.4 is 10.0 Å². The zero-order chi connectivity index (χ0) is 23.4. The van der Waals surface area contributed by atoms with Gasteiger partial charge >= 0.3 is 5.97 Å². The van der Waals surface area contributed by atoms with E-state index < -0.39 is 16.0 Å². The van der Waals surface area contributed by atoms with Crippen LogP contribution in [0.4, 0.5) is 17.2 Å². The van der Waals surface area contributed by atoms with Gasteiger partial charge in [0.1, 0.15) is 11.4 Å². The summed E-state index contributed by atoms with van der Waals surface area (Å²) in [5.41, 5.74) is 1.89. The van der Waals surface area contributed by atoms with Crippen molar-refractivity contribution in [3.63, 3.8) is 0 Å². The summed E-state index contributed by atoms with van der Waals surface area (Å²) in [7, 11) is -3.81. The van der Waals surface area contributed by atoms with E-state index in [1.54, 1.807) is 55.5 Å². The lowest BCUT2D eigenvalue weighted by atomic mass is 10.1. The number of rotatable bonds is 7. The van der Waals surface area contributed by atoms with Gasteiger partial charge in [-0.05, 0) is 61.5 Å². The Morgan fingerprint density at radius 1 is 1.06 bits per heavy atom. The zero-order valence-corrected chi connectivity index (χ0v) is 19.0. The van der Waals surface area contributed by atoms with E-state index in [1.807, 2.05) is 0 Å². The number of anilines is 3. The number of pyridine rings is 2. The minimum Gasteiger partial charge on any atom is -0.462 e. The number of sulfonamides is 1. The van der Waals surface area contributed by atoms with Gasteiger partial charge in [-0.3, -0.25) is 9.71 Å². The average molecular weight is 483 g/mol. The molecule has 4 rings (SSSR count). The van der Waals surface area contributed by atoms with E-state index in [-0.39, 0.29) is 22.9 Å². The number of halogens is 1. The molecule has 33 heavy (non-hydrogen) atoms. The summed E-state index contributed by atoms with van der Waals surface area (Å²) in [5, 5.41) is 4.29. The number of carbonyl (C=O) groups excluding carboxylic acids is 1. The number of fused-ring (bicyclic) bond motifs is 1. The van der Waals surface area contributed by atoms with Crippen molar-refractivity contribution in [1.29, 1.82) is 0 Å².